The number of fused-ring (bicyclic) bond motifs is 1. The summed E-state index contributed by atoms with van der Waals surface area (Å²) in [6, 6.07) is 6.07. The van der Waals surface area contributed by atoms with E-state index in [2.05, 4.69) is 10.6 Å². The van der Waals surface area contributed by atoms with E-state index in [-0.39, 0.29) is 61.9 Å². The second kappa shape index (κ2) is 25.1. The van der Waals surface area contributed by atoms with Crippen LogP contribution in [0, 0.1) is 17.8 Å². The first-order chi connectivity index (χ1) is 33.7. The fourth-order valence-corrected chi connectivity index (χ4v) is 11.2. The Kier molecular flexibility index (Phi) is 20.6. The molecule has 5 N–H and O–H groups in total. The van der Waals surface area contributed by atoms with Gasteiger partial charge in [0.05, 0.1) is 35.9 Å². The number of benzene rings is 1. The third-order valence-electron chi connectivity index (χ3n) is 15.4. The van der Waals surface area contributed by atoms with E-state index in [4.69, 9.17) is 42.6 Å². The first-order valence-corrected chi connectivity index (χ1v) is 25.8. The molecule has 0 saturated carbocycles. The number of methoxy groups -OCH3 is 1. The van der Waals surface area contributed by atoms with Crippen molar-refractivity contribution in [2.45, 2.75) is 204 Å². The van der Waals surface area contributed by atoms with Crippen LogP contribution in [0.1, 0.15) is 113 Å². The Labute approximate surface area is 426 Å². The van der Waals surface area contributed by atoms with Gasteiger partial charge in [-0.25, -0.2) is 9.59 Å². The number of cyclic esters (lactones) is 1. The third-order valence-corrected chi connectivity index (χ3v) is 15.4. The summed E-state index contributed by atoms with van der Waals surface area (Å²) in [6.07, 6.45) is -8.71. The van der Waals surface area contributed by atoms with Crippen molar-refractivity contribution in [1.29, 1.82) is 0 Å². The molecule has 2 amide bonds. The summed E-state index contributed by atoms with van der Waals surface area (Å²) in [5.41, 5.74) is -3.18. The van der Waals surface area contributed by atoms with Crippen LogP contribution in [-0.4, -0.2) is 187 Å². The minimum atomic E-state index is -1.62. The number of rotatable bonds is 15. The standard InChI is InChI=1S/C52H86N4O16/c1-15-38-52(10)44(71-49(62)72-52)33(6)56(13)28-29(2)26-50(8,63)43(69-47-41(59)37(55(11)12)25-30(3)65-47)31(4)42(32(5)46(60)67-38)68-40-27-51(9,64-14)45(34(7)66-40)70-48(61)54-23-16-17-39(58)53-24-22-35-18-20-36(57)21-19-35/h18-21,29-34,37-38,40-45,47,57,59,63H,15-17,22-28H2,1-14H3,(H,53,58)(H,54,61)/t29-,30-,31+,32-,33-,34+,37+,38?,40+,41-,42+,43-,44-,45+,47+,50-,51-,52+/m1/s1. The van der Waals surface area contributed by atoms with Crippen molar-refractivity contribution < 1.29 is 77.1 Å². The lowest BCUT2D eigenvalue weighted by Crippen LogP contribution is -2.61. The molecule has 0 bridgehead atoms. The molecule has 1 aromatic rings. The first kappa shape index (κ1) is 59.0. The lowest BCUT2D eigenvalue weighted by atomic mass is 9.77. The van der Waals surface area contributed by atoms with Gasteiger partial charge in [0.2, 0.25) is 5.91 Å². The predicted molar refractivity (Wildman–Crippen MR) is 264 cm³/mol. The maximum Gasteiger partial charge on any atom is 0.509 e. The average molecular weight is 1020 g/mol. The van der Waals surface area contributed by atoms with Crippen LogP contribution >= 0.6 is 0 Å². The van der Waals surface area contributed by atoms with E-state index in [1.165, 1.54) is 7.11 Å². The summed E-state index contributed by atoms with van der Waals surface area (Å²) in [6.45, 7) is 19.1. The number of phenols is 1. The smallest absolute Gasteiger partial charge is 0.508 e. The van der Waals surface area contributed by atoms with Crippen molar-refractivity contribution in [1.82, 2.24) is 20.4 Å². The molecule has 18 atom stereocenters. The monoisotopic (exact) mass is 1020 g/mol. The predicted octanol–water partition coefficient (Wildman–Crippen LogP) is 4.66. The largest absolute Gasteiger partial charge is 0.509 e. The van der Waals surface area contributed by atoms with E-state index in [0.717, 1.165) is 5.56 Å². The lowest BCUT2D eigenvalue weighted by Gasteiger charge is -2.49. The van der Waals surface area contributed by atoms with Crippen LogP contribution in [0.3, 0.4) is 0 Å². The number of carbonyl (C=O) groups excluding carboxylic acids is 4. The molecule has 0 aromatic heterocycles. The van der Waals surface area contributed by atoms with Crippen LogP contribution in [0.15, 0.2) is 24.3 Å². The van der Waals surface area contributed by atoms with Crippen molar-refractivity contribution in [2.75, 3.05) is 47.9 Å². The van der Waals surface area contributed by atoms with E-state index in [1.54, 1.807) is 58.9 Å². The van der Waals surface area contributed by atoms with Gasteiger partial charge in [-0.3, -0.25) is 14.5 Å². The molecular formula is C52H86N4O16. The van der Waals surface area contributed by atoms with Gasteiger partial charge in [0.1, 0.15) is 23.6 Å². The number of aromatic hydroxyl groups is 1. The van der Waals surface area contributed by atoms with E-state index < -0.39 is 108 Å². The molecular weight excluding hydrogens is 937 g/mol. The fraction of sp³-hybridized carbons (Fsp3) is 0.808. The molecule has 20 nitrogen and oxygen atoms in total. The number of alkyl carbamates (subject to hydrolysis) is 1. The highest BCUT2D eigenvalue weighted by Gasteiger charge is 2.58. The Balaban J connectivity index is 1.38. The molecule has 20 heteroatoms. The second-order valence-electron chi connectivity index (χ2n) is 21.7. The van der Waals surface area contributed by atoms with Crippen LogP contribution in [0.25, 0.3) is 0 Å². The number of likely N-dealkylation sites (N-methyl/N-ethyl adjacent to an activating group) is 2. The van der Waals surface area contributed by atoms with Crippen molar-refractivity contribution in [2.24, 2.45) is 17.8 Å². The van der Waals surface area contributed by atoms with Gasteiger partial charge in [0.25, 0.3) is 0 Å². The highest BCUT2D eigenvalue weighted by Crippen LogP contribution is 2.42. The lowest BCUT2D eigenvalue weighted by molar-refractivity contribution is -0.317. The zero-order valence-corrected chi connectivity index (χ0v) is 45.1. The van der Waals surface area contributed by atoms with Gasteiger partial charge in [-0.15, -0.1) is 0 Å². The van der Waals surface area contributed by atoms with Gasteiger partial charge in [-0.05, 0) is 125 Å². The van der Waals surface area contributed by atoms with Gasteiger partial charge >= 0.3 is 18.2 Å². The first-order valence-electron chi connectivity index (χ1n) is 25.8. The zero-order valence-electron chi connectivity index (χ0n) is 45.1. The molecule has 0 spiro atoms. The maximum atomic E-state index is 14.7. The Hall–Kier alpha value is -3.86. The molecule has 72 heavy (non-hydrogen) atoms. The maximum absolute atomic E-state index is 14.7. The Morgan fingerprint density at radius 1 is 0.931 bits per heavy atom. The Morgan fingerprint density at radius 3 is 2.25 bits per heavy atom. The molecule has 4 heterocycles. The van der Waals surface area contributed by atoms with Crippen LogP contribution in [0.5, 0.6) is 5.75 Å². The number of aliphatic hydroxyl groups is 2. The molecule has 1 unspecified atom stereocenters. The van der Waals surface area contributed by atoms with E-state index >= 15 is 0 Å². The summed E-state index contributed by atoms with van der Waals surface area (Å²) >= 11 is 0. The number of aliphatic hydroxyl groups excluding tert-OH is 1. The zero-order chi connectivity index (χ0) is 53.5. The minimum absolute atomic E-state index is 0.0291. The number of esters is 1. The van der Waals surface area contributed by atoms with E-state index in [0.29, 0.717) is 32.4 Å². The molecule has 4 aliphatic rings. The summed E-state index contributed by atoms with van der Waals surface area (Å²) in [4.78, 5) is 57.3. The SMILES string of the molecule is CCC1OC(=O)[C@H](C)[C@@H](O[C@H]2C[C@@](C)(OC)[C@@H](OC(=O)NCCCC(=O)NCCc3ccc(O)cc3)[C@H](C)O2)[C@H](C)[C@@H](O[C@@H]2O[C@H](C)C[C@H](N(C)C)[C@H]2O)[C@](C)(O)C[C@@H](C)CN(C)[C@H](C)[C@H]2OC(=O)O[C@@]12C. The summed E-state index contributed by atoms with van der Waals surface area (Å²) in [5.74, 6) is -2.74. The highest BCUT2D eigenvalue weighted by molar-refractivity contribution is 5.76. The van der Waals surface area contributed by atoms with Crippen molar-refractivity contribution in [3.63, 3.8) is 0 Å². The van der Waals surface area contributed by atoms with Gasteiger partial charge in [-0.2, -0.15) is 0 Å². The number of carbonyl (C=O) groups is 4. The van der Waals surface area contributed by atoms with Gasteiger partial charge in [-0.1, -0.05) is 32.9 Å². The van der Waals surface area contributed by atoms with Crippen LogP contribution < -0.4 is 10.6 Å². The second-order valence-corrected chi connectivity index (χ2v) is 21.7. The van der Waals surface area contributed by atoms with Crippen molar-refractivity contribution >= 4 is 24.1 Å². The topological polar surface area (TPSA) is 243 Å². The number of hydrogen-bond acceptors (Lipinski definition) is 18. The van der Waals surface area contributed by atoms with Crippen LogP contribution in [-0.2, 0) is 58.6 Å². The number of nitrogens with one attached hydrogen (secondary N) is 2. The van der Waals surface area contributed by atoms with E-state index in [9.17, 15) is 34.5 Å². The number of amides is 2. The quantitative estimate of drug-likeness (QED) is 0.0912. The number of hydrogen-bond donors (Lipinski definition) is 5. The van der Waals surface area contributed by atoms with E-state index in [1.807, 2.05) is 65.6 Å². The van der Waals surface area contributed by atoms with Gasteiger partial charge < -0.3 is 73.5 Å². The van der Waals surface area contributed by atoms with Crippen LogP contribution in [0.4, 0.5) is 9.59 Å². The number of nitrogens with zero attached hydrogens (tertiary/aromatic N) is 2. The molecule has 0 radical (unpaired) electrons. The Morgan fingerprint density at radius 2 is 1.61 bits per heavy atom. The molecule has 1 aromatic carbocycles. The molecule has 0 aliphatic carbocycles. The van der Waals surface area contributed by atoms with Crippen molar-refractivity contribution in [3.8, 4) is 5.75 Å². The molecule has 410 valence electrons. The normalized spacial score (nSPS) is 39.4. The number of ether oxygens (including phenoxy) is 9. The Bertz CT molecular complexity index is 1940. The summed E-state index contributed by atoms with van der Waals surface area (Å²) in [7, 11) is 7.15. The van der Waals surface area contributed by atoms with Gasteiger partial charge in [0.15, 0.2) is 30.4 Å². The summed E-state index contributed by atoms with van der Waals surface area (Å²) in [5, 5.41) is 39.7. The average Bonchev–Trinajstić information content (AvgIpc) is 3.62. The number of phenolic OH excluding ortho intramolecular Hbond substituents is 1. The van der Waals surface area contributed by atoms with Gasteiger partial charge in [0, 0.05) is 57.6 Å². The minimum Gasteiger partial charge on any atom is -0.508 e. The molecule has 4 fully saturated rings. The third kappa shape index (κ3) is 14.5. The van der Waals surface area contributed by atoms with Crippen molar-refractivity contribution in [3.05, 3.63) is 29.8 Å². The highest BCUT2D eigenvalue weighted by atomic mass is 16.8. The molecule has 4 saturated heterocycles. The van der Waals surface area contributed by atoms with Crippen LogP contribution in [0.2, 0.25) is 0 Å². The summed E-state index contributed by atoms with van der Waals surface area (Å²) < 4.78 is 56.6. The molecule has 5 rings (SSSR count). The molecule has 4 aliphatic heterocycles. The fourth-order valence-electron chi connectivity index (χ4n) is 11.2.